The molecule has 0 fully saturated rings. The smallest absolute Gasteiger partial charge is 0.0438 e. The summed E-state index contributed by atoms with van der Waals surface area (Å²) < 4.78 is 0. The Morgan fingerprint density at radius 2 is 2.07 bits per heavy atom. The summed E-state index contributed by atoms with van der Waals surface area (Å²) in [5, 5.41) is 0. The van der Waals surface area contributed by atoms with E-state index in [-0.39, 0.29) is 0 Å². The molecular formula is C12H13N3. The highest BCUT2D eigenvalue weighted by Crippen LogP contribution is 2.17. The van der Waals surface area contributed by atoms with Crippen LogP contribution in [0, 0.1) is 0 Å². The zero-order valence-electron chi connectivity index (χ0n) is 8.67. The van der Waals surface area contributed by atoms with Crippen molar-refractivity contribution in [1.29, 1.82) is 0 Å². The van der Waals surface area contributed by atoms with Crippen molar-refractivity contribution in [3.8, 4) is 0 Å². The van der Waals surface area contributed by atoms with Crippen LogP contribution in [0.3, 0.4) is 0 Å². The highest BCUT2D eigenvalue weighted by molar-refractivity contribution is 5.63. The molecule has 0 aromatic carbocycles. The van der Waals surface area contributed by atoms with E-state index in [4.69, 9.17) is 0 Å². The lowest BCUT2D eigenvalue weighted by Crippen LogP contribution is -2.14. The maximum absolute atomic E-state index is 4.10. The lowest BCUT2D eigenvalue weighted by atomic mass is 10.2. The number of hydrogen-bond acceptors (Lipinski definition) is 3. The summed E-state index contributed by atoms with van der Waals surface area (Å²) in [5.74, 6) is 0. The number of aliphatic imine (C=N–C) groups is 1. The average Bonchev–Trinajstić information content (AvgIpc) is 2.58. The van der Waals surface area contributed by atoms with Crippen molar-refractivity contribution in [2.24, 2.45) is 4.99 Å². The Labute approximate surface area is 89.5 Å². The van der Waals surface area contributed by atoms with Crippen molar-refractivity contribution < 1.29 is 0 Å². The standard InChI is InChI=1S/C12H13N3/c1-15(12-5-9-14-10-6-12)11-3-2-7-13-8-4-11/h3-10H,2H2,1H3. The lowest BCUT2D eigenvalue weighted by molar-refractivity contribution is 1.11. The molecule has 0 spiro atoms. The van der Waals surface area contributed by atoms with Gasteiger partial charge in [-0.25, -0.2) is 0 Å². The second-order valence-electron chi connectivity index (χ2n) is 3.28. The minimum atomic E-state index is 0.873. The van der Waals surface area contributed by atoms with Gasteiger partial charge in [-0.05, 0) is 18.2 Å². The summed E-state index contributed by atoms with van der Waals surface area (Å²) in [6.45, 7) is 0. The molecular weight excluding hydrogens is 186 g/mol. The summed E-state index contributed by atoms with van der Waals surface area (Å²) in [7, 11) is 2.04. The van der Waals surface area contributed by atoms with E-state index in [1.165, 1.54) is 0 Å². The molecule has 2 rings (SSSR count). The lowest BCUT2D eigenvalue weighted by Gasteiger charge is -2.19. The van der Waals surface area contributed by atoms with E-state index in [0.29, 0.717) is 0 Å². The molecule has 0 saturated heterocycles. The van der Waals surface area contributed by atoms with Gasteiger partial charge in [0.2, 0.25) is 0 Å². The molecule has 2 heterocycles. The maximum Gasteiger partial charge on any atom is 0.0438 e. The van der Waals surface area contributed by atoms with Crippen molar-refractivity contribution in [3.63, 3.8) is 0 Å². The first-order valence-electron chi connectivity index (χ1n) is 4.90. The van der Waals surface area contributed by atoms with E-state index >= 15 is 0 Å². The van der Waals surface area contributed by atoms with Gasteiger partial charge in [-0.2, -0.15) is 0 Å². The number of hydrogen-bond donors (Lipinski definition) is 0. The number of anilines is 1. The van der Waals surface area contributed by atoms with Crippen LogP contribution in [-0.4, -0.2) is 18.2 Å². The molecule has 0 N–H and O–H groups in total. The molecule has 1 aromatic rings. The number of allylic oxidation sites excluding steroid dienone is 2. The Morgan fingerprint density at radius 3 is 2.87 bits per heavy atom. The summed E-state index contributed by atoms with van der Waals surface area (Å²) in [5.41, 5.74) is 2.28. The van der Waals surface area contributed by atoms with E-state index in [9.17, 15) is 0 Å². The summed E-state index contributed by atoms with van der Waals surface area (Å²) in [6, 6.07) is 3.97. The predicted molar refractivity (Wildman–Crippen MR) is 63.0 cm³/mol. The van der Waals surface area contributed by atoms with Crippen molar-refractivity contribution in [2.75, 3.05) is 11.9 Å². The Morgan fingerprint density at radius 1 is 1.27 bits per heavy atom. The highest BCUT2D eigenvalue weighted by atomic mass is 15.1. The molecule has 0 unspecified atom stereocenters. The molecule has 0 atom stereocenters. The van der Waals surface area contributed by atoms with Crippen molar-refractivity contribution >= 4 is 11.9 Å². The van der Waals surface area contributed by atoms with Crippen LogP contribution in [-0.2, 0) is 0 Å². The van der Waals surface area contributed by atoms with Crippen LogP contribution in [0.4, 0.5) is 5.69 Å². The molecule has 0 aliphatic carbocycles. The Bertz CT molecular complexity index is 404. The number of aromatic nitrogens is 1. The SMILES string of the molecule is CN(C1=CCC=NC=C1)c1ccncc1. The molecule has 0 bridgehead atoms. The normalized spacial score (nSPS) is 14.6. The number of rotatable bonds is 2. The minimum absolute atomic E-state index is 0.873. The average molecular weight is 199 g/mol. The molecule has 76 valence electrons. The van der Waals surface area contributed by atoms with Gasteiger partial charge < -0.3 is 4.90 Å². The van der Waals surface area contributed by atoms with Crippen LogP contribution in [0.1, 0.15) is 6.42 Å². The summed E-state index contributed by atoms with van der Waals surface area (Å²) >= 11 is 0. The summed E-state index contributed by atoms with van der Waals surface area (Å²) in [4.78, 5) is 10.2. The Kier molecular flexibility index (Phi) is 2.93. The largest absolute Gasteiger partial charge is 0.345 e. The quantitative estimate of drug-likeness (QED) is 0.731. The Balaban J connectivity index is 2.21. The fourth-order valence-electron chi connectivity index (χ4n) is 1.45. The van der Waals surface area contributed by atoms with Crippen molar-refractivity contribution in [1.82, 2.24) is 4.98 Å². The monoisotopic (exact) mass is 199 g/mol. The van der Waals surface area contributed by atoms with Gasteiger partial charge in [0.25, 0.3) is 0 Å². The maximum atomic E-state index is 4.10. The molecule has 0 amide bonds. The number of likely N-dealkylation sites (N-methyl/N-ethyl adjacent to an activating group) is 1. The molecule has 3 nitrogen and oxygen atoms in total. The van der Waals surface area contributed by atoms with E-state index in [1.54, 1.807) is 12.4 Å². The van der Waals surface area contributed by atoms with E-state index < -0.39 is 0 Å². The molecule has 0 radical (unpaired) electrons. The number of pyridine rings is 1. The zero-order chi connectivity index (χ0) is 10.5. The topological polar surface area (TPSA) is 28.5 Å². The molecule has 15 heavy (non-hydrogen) atoms. The number of nitrogens with zero attached hydrogens (tertiary/aromatic N) is 3. The van der Waals surface area contributed by atoms with Crippen LogP contribution in [0.25, 0.3) is 0 Å². The van der Waals surface area contributed by atoms with Crippen LogP contribution < -0.4 is 4.90 Å². The van der Waals surface area contributed by atoms with Crippen LogP contribution >= 0.6 is 0 Å². The molecule has 3 heteroatoms. The van der Waals surface area contributed by atoms with Gasteiger partial charge in [-0.3, -0.25) is 9.98 Å². The zero-order valence-corrected chi connectivity index (χ0v) is 8.67. The summed E-state index contributed by atoms with van der Waals surface area (Å²) in [6.07, 6.45) is 12.3. The molecule has 1 aromatic heterocycles. The van der Waals surface area contributed by atoms with Gasteiger partial charge >= 0.3 is 0 Å². The Hall–Kier alpha value is -1.90. The van der Waals surface area contributed by atoms with E-state index in [2.05, 4.69) is 21.0 Å². The van der Waals surface area contributed by atoms with Crippen LogP contribution in [0.2, 0.25) is 0 Å². The van der Waals surface area contributed by atoms with Gasteiger partial charge in [0.15, 0.2) is 0 Å². The third-order valence-electron chi connectivity index (χ3n) is 2.31. The molecule has 1 aliphatic rings. The fraction of sp³-hybridized carbons (Fsp3) is 0.167. The van der Waals surface area contributed by atoms with Gasteiger partial charge in [-0.15, -0.1) is 0 Å². The third-order valence-corrected chi connectivity index (χ3v) is 2.31. The van der Waals surface area contributed by atoms with Crippen molar-refractivity contribution in [2.45, 2.75) is 6.42 Å². The van der Waals surface area contributed by atoms with Crippen LogP contribution in [0.5, 0.6) is 0 Å². The fourth-order valence-corrected chi connectivity index (χ4v) is 1.45. The van der Waals surface area contributed by atoms with E-state index in [1.807, 2.05) is 37.7 Å². The minimum Gasteiger partial charge on any atom is -0.345 e. The second-order valence-corrected chi connectivity index (χ2v) is 3.28. The van der Waals surface area contributed by atoms with Gasteiger partial charge in [0.05, 0.1) is 0 Å². The highest BCUT2D eigenvalue weighted by Gasteiger charge is 2.03. The second kappa shape index (κ2) is 4.55. The van der Waals surface area contributed by atoms with Gasteiger partial charge in [0.1, 0.15) is 0 Å². The first-order chi connectivity index (χ1) is 7.38. The first-order valence-corrected chi connectivity index (χ1v) is 4.90. The predicted octanol–water partition coefficient (Wildman–Crippen LogP) is 2.39. The van der Waals surface area contributed by atoms with Gasteiger partial charge in [0, 0.05) is 49.7 Å². The first kappa shape index (κ1) is 9.65. The van der Waals surface area contributed by atoms with E-state index in [0.717, 1.165) is 17.8 Å². The van der Waals surface area contributed by atoms with Crippen LogP contribution in [0.15, 0.2) is 53.6 Å². The van der Waals surface area contributed by atoms with Crippen molar-refractivity contribution in [3.05, 3.63) is 48.6 Å². The molecule has 1 aliphatic heterocycles. The van der Waals surface area contributed by atoms with Gasteiger partial charge in [-0.1, -0.05) is 6.08 Å². The third kappa shape index (κ3) is 2.31. The molecule has 0 saturated carbocycles.